The van der Waals surface area contributed by atoms with Gasteiger partial charge in [-0.05, 0) is 59.3 Å². The van der Waals surface area contributed by atoms with Gasteiger partial charge in [-0.1, -0.05) is 0 Å². The lowest BCUT2D eigenvalue weighted by Gasteiger charge is -2.17. The maximum atomic E-state index is 13.7. The molecule has 4 N–H and O–H groups in total. The number of H-pyrrole nitrogens is 1. The smallest absolute Gasteiger partial charge is 0.319 e. The van der Waals surface area contributed by atoms with Crippen LogP contribution in [-0.4, -0.2) is 48.1 Å². The zero-order valence-electron chi connectivity index (χ0n) is 19.0. The third kappa shape index (κ3) is 3.13. The fraction of sp³-hybridized carbons (Fsp3) is 0.231. The molecule has 4 aromatic rings. The second kappa shape index (κ2) is 7.81. The molecule has 0 saturated heterocycles. The number of urea groups is 1. The fourth-order valence-electron chi connectivity index (χ4n) is 5.50. The number of nitrogens with zero attached hydrogens (tertiary/aromatic N) is 2. The Bertz CT molecular complexity index is 1550. The highest BCUT2D eigenvalue weighted by Crippen LogP contribution is 2.46. The van der Waals surface area contributed by atoms with Gasteiger partial charge in [-0.25, -0.2) is 4.79 Å². The number of phenols is 1. The van der Waals surface area contributed by atoms with Gasteiger partial charge in [0.1, 0.15) is 17.2 Å². The van der Waals surface area contributed by atoms with Gasteiger partial charge in [-0.3, -0.25) is 9.69 Å². The Hall–Kier alpha value is -3.91. The number of fused-ring (bicyclic) bond motifs is 6. The number of carbonyl (C=O) groups is 2. The van der Waals surface area contributed by atoms with Crippen molar-refractivity contribution in [1.29, 1.82) is 0 Å². The van der Waals surface area contributed by atoms with Crippen molar-refractivity contribution in [2.45, 2.75) is 12.3 Å². The van der Waals surface area contributed by atoms with E-state index in [0.29, 0.717) is 47.9 Å². The average molecular weight is 491 g/mol. The van der Waals surface area contributed by atoms with Crippen molar-refractivity contribution >= 4 is 56.6 Å². The number of ether oxygens (including phenoxy) is 1. The summed E-state index contributed by atoms with van der Waals surface area (Å²) < 4.78 is 5.39. The second-order valence-corrected chi connectivity index (χ2v) is 9.26. The molecular formula is C26H23ClN4O4. The number of anilines is 2. The Morgan fingerprint density at radius 2 is 1.94 bits per heavy atom. The van der Waals surface area contributed by atoms with E-state index < -0.39 is 6.03 Å². The third-order valence-electron chi connectivity index (χ3n) is 7.14. The van der Waals surface area contributed by atoms with E-state index in [-0.39, 0.29) is 17.6 Å². The van der Waals surface area contributed by atoms with Crippen LogP contribution in [0.15, 0.2) is 42.5 Å². The van der Waals surface area contributed by atoms with Crippen molar-refractivity contribution < 1.29 is 19.4 Å². The molecule has 6 rings (SSSR count). The van der Waals surface area contributed by atoms with Gasteiger partial charge < -0.3 is 25.5 Å². The van der Waals surface area contributed by atoms with Crippen molar-refractivity contribution in [2.75, 3.05) is 35.9 Å². The number of aromatic hydroxyl groups is 1. The van der Waals surface area contributed by atoms with Gasteiger partial charge in [-0.15, -0.1) is 11.6 Å². The quantitative estimate of drug-likeness (QED) is 0.368. The molecule has 0 bridgehead atoms. The van der Waals surface area contributed by atoms with Gasteiger partial charge >= 0.3 is 6.03 Å². The number of methoxy groups -OCH3 is 1. The van der Waals surface area contributed by atoms with Gasteiger partial charge in [0.25, 0.3) is 5.91 Å². The molecule has 0 saturated carbocycles. The van der Waals surface area contributed by atoms with E-state index in [1.807, 2.05) is 30.3 Å². The number of rotatable bonds is 3. The monoisotopic (exact) mass is 490 g/mol. The largest absolute Gasteiger partial charge is 0.507 e. The van der Waals surface area contributed by atoms with Crippen LogP contribution in [0.2, 0.25) is 0 Å². The number of benzene rings is 3. The standard InChI is InChI=1S/C26H23ClN4O4/c1-35-14-2-3-16-18(8-14)24-13(11-27)12-31(22(24)10-23(16)32)25(33)20-9-17-15-6-7-30(26(28)34)21(15)5-4-19(17)29-20/h2-5,8-10,13,29,32H,6-7,11-12H2,1H3,(H2,28,34)/t13-/m1/s1. The highest BCUT2D eigenvalue weighted by molar-refractivity contribution is 6.19. The molecule has 35 heavy (non-hydrogen) atoms. The number of alkyl halides is 1. The number of phenolic OH excluding ortho intramolecular Hbond substituents is 1. The lowest BCUT2D eigenvalue weighted by atomic mass is 9.95. The van der Waals surface area contributed by atoms with E-state index in [1.54, 1.807) is 29.0 Å². The highest BCUT2D eigenvalue weighted by Gasteiger charge is 2.36. The first-order valence-electron chi connectivity index (χ1n) is 11.3. The molecule has 0 spiro atoms. The molecule has 0 unspecified atom stereocenters. The molecule has 3 heterocycles. The average Bonchev–Trinajstić information content (AvgIpc) is 3.57. The zero-order chi connectivity index (χ0) is 24.4. The molecule has 3 aromatic carbocycles. The summed E-state index contributed by atoms with van der Waals surface area (Å²) in [6.07, 6.45) is 0.670. The first-order valence-corrected chi connectivity index (χ1v) is 11.9. The van der Waals surface area contributed by atoms with E-state index >= 15 is 0 Å². The van der Waals surface area contributed by atoms with E-state index in [2.05, 4.69) is 4.98 Å². The number of primary amides is 1. The summed E-state index contributed by atoms with van der Waals surface area (Å²) in [4.78, 5) is 32.0. The van der Waals surface area contributed by atoms with Crippen LogP contribution in [0.1, 0.15) is 27.5 Å². The van der Waals surface area contributed by atoms with Crippen LogP contribution < -0.4 is 20.3 Å². The van der Waals surface area contributed by atoms with Crippen molar-refractivity contribution in [3.8, 4) is 11.5 Å². The molecule has 0 aliphatic carbocycles. The van der Waals surface area contributed by atoms with Crippen LogP contribution >= 0.6 is 11.6 Å². The molecule has 2 aliphatic rings. The maximum absolute atomic E-state index is 13.7. The number of hydrogen-bond acceptors (Lipinski definition) is 4. The van der Waals surface area contributed by atoms with E-state index in [4.69, 9.17) is 22.1 Å². The zero-order valence-corrected chi connectivity index (χ0v) is 19.7. The molecule has 1 atom stereocenters. The predicted molar refractivity (Wildman–Crippen MR) is 136 cm³/mol. The summed E-state index contributed by atoms with van der Waals surface area (Å²) in [5.74, 6) is 0.781. The Kier molecular flexibility index (Phi) is 4.82. The van der Waals surface area contributed by atoms with Crippen molar-refractivity contribution in [1.82, 2.24) is 4.98 Å². The summed E-state index contributed by atoms with van der Waals surface area (Å²) in [5.41, 5.74) is 10.1. The number of hydrogen-bond donors (Lipinski definition) is 3. The Morgan fingerprint density at radius 3 is 2.69 bits per heavy atom. The first kappa shape index (κ1) is 21.6. The van der Waals surface area contributed by atoms with Crippen LogP contribution in [-0.2, 0) is 6.42 Å². The lowest BCUT2D eigenvalue weighted by molar-refractivity contribution is 0.0984. The van der Waals surface area contributed by atoms with Crippen molar-refractivity contribution in [3.63, 3.8) is 0 Å². The van der Waals surface area contributed by atoms with E-state index in [9.17, 15) is 14.7 Å². The molecule has 9 heteroatoms. The number of halogens is 1. The molecule has 178 valence electrons. The summed E-state index contributed by atoms with van der Waals surface area (Å²) in [5, 5.41) is 13.2. The number of aromatic amines is 1. The van der Waals surface area contributed by atoms with Gasteiger partial charge in [0.05, 0.1) is 12.8 Å². The predicted octanol–water partition coefficient (Wildman–Crippen LogP) is 4.46. The van der Waals surface area contributed by atoms with Crippen LogP contribution in [0.3, 0.4) is 0 Å². The molecule has 1 aromatic heterocycles. The minimum atomic E-state index is -0.487. The Balaban J connectivity index is 1.45. The first-order chi connectivity index (χ1) is 16.9. The summed E-state index contributed by atoms with van der Waals surface area (Å²) in [7, 11) is 1.59. The van der Waals surface area contributed by atoms with Crippen LogP contribution in [0.25, 0.3) is 21.7 Å². The van der Waals surface area contributed by atoms with Crippen LogP contribution in [0.5, 0.6) is 11.5 Å². The number of carbonyl (C=O) groups excluding carboxylic acids is 2. The van der Waals surface area contributed by atoms with Crippen molar-refractivity contribution in [2.24, 2.45) is 5.73 Å². The summed E-state index contributed by atoms with van der Waals surface area (Å²) in [6.45, 7) is 0.918. The minimum Gasteiger partial charge on any atom is -0.507 e. The van der Waals surface area contributed by atoms with Crippen LogP contribution in [0.4, 0.5) is 16.2 Å². The maximum Gasteiger partial charge on any atom is 0.319 e. The van der Waals surface area contributed by atoms with Gasteiger partial charge in [-0.2, -0.15) is 0 Å². The highest BCUT2D eigenvalue weighted by atomic mass is 35.5. The van der Waals surface area contributed by atoms with Gasteiger partial charge in [0, 0.05) is 52.9 Å². The molecule has 8 nitrogen and oxygen atoms in total. The summed E-state index contributed by atoms with van der Waals surface area (Å²) in [6, 6.07) is 12.2. The SMILES string of the molecule is COc1ccc2c(O)cc3c(c2c1)[C@H](CCl)CN3C(=O)c1cc2c3c(ccc2[nH]1)N(C(N)=O)CC3. The number of nitrogens with one attached hydrogen (secondary N) is 1. The van der Waals surface area contributed by atoms with Gasteiger partial charge in [0.2, 0.25) is 0 Å². The van der Waals surface area contributed by atoms with E-state index in [0.717, 1.165) is 33.1 Å². The number of amides is 3. The Labute approximate surface area is 205 Å². The van der Waals surface area contributed by atoms with Crippen molar-refractivity contribution in [3.05, 3.63) is 59.3 Å². The number of nitrogens with two attached hydrogens (primary N) is 1. The topological polar surface area (TPSA) is 112 Å². The number of aromatic nitrogens is 1. The minimum absolute atomic E-state index is 0.0930. The van der Waals surface area contributed by atoms with E-state index in [1.165, 1.54) is 0 Å². The molecule has 3 amide bonds. The third-order valence-corrected chi connectivity index (χ3v) is 7.51. The van der Waals surface area contributed by atoms with Gasteiger partial charge in [0.15, 0.2) is 0 Å². The lowest BCUT2D eigenvalue weighted by Crippen LogP contribution is -2.33. The Morgan fingerprint density at radius 1 is 1.11 bits per heavy atom. The molecule has 0 radical (unpaired) electrons. The second-order valence-electron chi connectivity index (χ2n) is 8.95. The molecule has 0 fully saturated rings. The molecule has 2 aliphatic heterocycles. The summed E-state index contributed by atoms with van der Waals surface area (Å²) >= 11 is 6.35. The normalized spacial score (nSPS) is 16.7. The van der Waals surface area contributed by atoms with Crippen LogP contribution in [0, 0.1) is 0 Å². The fourth-order valence-corrected chi connectivity index (χ4v) is 5.75. The molecular weight excluding hydrogens is 468 g/mol.